The van der Waals surface area contributed by atoms with Crippen molar-refractivity contribution in [3.63, 3.8) is 0 Å². The fraction of sp³-hybridized carbons (Fsp3) is 0.286. The van der Waals surface area contributed by atoms with Gasteiger partial charge in [0.2, 0.25) is 5.89 Å². The van der Waals surface area contributed by atoms with Crippen LogP contribution in [0, 0.1) is 6.92 Å². The Morgan fingerprint density at radius 3 is 2.77 bits per heavy atom. The van der Waals surface area contributed by atoms with Crippen molar-refractivity contribution in [2.75, 3.05) is 0 Å². The molecular formula is C21H20N2O2S. The van der Waals surface area contributed by atoms with Crippen molar-refractivity contribution >= 4 is 17.5 Å². The largest absolute Gasteiger partial charge is 0.411 e. The summed E-state index contributed by atoms with van der Waals surface area (Å²) in [6.07, 6.45) is 3.38. The van der Waals surface area contributed by atoms with Gasteiger partial charge in [0.15, 0.2) is 5.78 Å². The first-order chi connectivity index (χ1) is 12.6. The number of hydrogen-bond acceptors (Lipinski definition) is 5. The summed E-state index contributed by atoms with van der Waals surface area (Å²) in [5.41, 5.74) is 5.46. The Bertz CT molecular complexity index is 964. The topological polar surface area (TPSA) is 56.0 Å². The molecule has 0 amide bonds. The lowest BCUT2D eigenvalue weighted by Crippen LogP contribution is -2.13. The van der Waals surface area contributed by atoms with Gasteiger partial charge in [-0.1, -0.05) is 42.1 Å². The SMILES string of the molecule is Cc1ccccc1-c1nnc(S[C@@H](C)C(=O)c2ccc3c(c2)CCC3)o1. The number of ketones is 1. The van der Waals surface area contributed by atoms with E-state index >= 15 is 0 Å². The second-order valence-electron chi connectivity index (χ2n) is 6.65. The lowest BCUT2D eigenvalue weighted by Gasteiger charge is -2.09. The van der Waals surface area contributed by atoms with Crippen molar-refractivity contribution in [3.05, 3.63) is 64.7 Å². The van der Waals surface area contributed by atoms with Gasteiger partial charge in [0.1, 0.15) is 0 Å². The highest BCUT2D eigenvalue weighted by Crippen LogP contribution is 2.30. The predicted molar refractivity (Wildman–Crippen MR) is 103 cm³/mol. The molecule has 4 rings (SSSR count). The molecule has 2 aromatic carbocycles. The highest BCUT2D eigenvalue weighted by atomic mass is 32.2. The monoisotopic (exact) mass is 364 g/mol. The molecule has 0 unspecified atom stereocenters. The molecule has 1 aliphatic carbocycles. The Morgan fingerprint density at radius 1 is 1.12 bits per heavy atom. The zero-order valence-corrected chi connectivity index (χ0v) is 15.7. The van der Waals surface area contributed by atoms with Crippen molar-refractivity contribution in [1.82, 2.24) is 10.2 Å². The van der Waals surface area contributed by atoms with Gasteiger partial charge >= 0.3 is 0 Å². The molecule has 0 saturated heterocycles. The fourth-order valence-electron chi connectivity index (χ4n) is 3.34. The molecule has 1 aliphatic rings. The van der Waals surface area contributed by atoms with Crippen LogP contribution in [-0.2, 0) is 12.8 Å². The normalized spacial score (nSPS) is 14.2. The van der Waals surface area contributed by atoms with Gasteiger partial charge < -0.3 is 4.42 Å². The highest BCUT2D eigenvalue weighted by molar-refractivity contribution is 8.00. The molecule has 26 heavy (non-hydrogen) atoms. The molecule has 1 atom stereocenters. The van der Waals surface area contributed by atoms with Crippen molar-refractivity contribution in [2.45, 2.75) is 43.6 Å². The third-order valence-electron chi connectivity index (χ3n) is 4.81. The molecule has 0 saturated carbocycles. The van der Waals surface area contributed by atoms with E-state index in [9.17, 15) is 4.79 Å². The second kappa shape index (κ2) is 7.08. The van der Waals surface area contributed by atoms with Crippen LogP contribution >= 0.6 is 11.8 Å². The van der Waals surface area contributed by atoms with Crippen LogP contribution < -0.4 is 0 Å². The van der Waals surface area contributed by atoms with Crippen LogP contribution in [0.4, 0.5) is 0 Å². The predicted octanol–water partition coefficient (Wildman–Crippen LogP) is 4.90. The van der Waals surface area contributed by atoms with Crippen LogP contribution in [0.5, 0.6) is 0 Å². The Kier molecular flexibility index (Phi) is 4.64. The van der Waals surface area contributed by atoms with Crippen molar-refractivity contribution in [2.24, 2.45) is 0 Å². The van der Waals surface area contributed by atoms with Crippen LogP contribution in [0.25, 0.3) is 11.5 Å². The number of carbonyl (C=O) groups is 1. The molecule has 0 aliphatic heterocycles. The summed E-state index contributed by atoms with van der Waals surface area (Å²) in [6, 6.07) is 14.0. The average Bonchev–Trinajstić information content (AvgIpc) is 3.30. The van der Waals surface area contributed by atoms with Crippen LogP contribution in [-0.4, -0.2) is 21.2 Å². The second-order valence-corrected chi connectivity index (χ2v) is 7.94. The zero-order valence-electron chi connectivity index (χ0n) is 14.9. The molecule has 1 heterocycles. The van der Waals surface area contributed by atoms with Gasteiger partial charge in [0, 0.05) is 11.1 Å². The van der Waals surface area contributed by atoms with E-state index in [4.69, 9.17) is 4.42 Å². The average molecular weight is 364 g/mol. The third-order valence-corrected chi connectivity index (χ3v) is 5.75. The van der Waals surface area contributed by atoms with E-state index < -0.39 is 0 Å². The molecule has 3 aromatic rings. The van der Waals surface area contributed by atoms with E-state index in [0.717, 1.165) is 29.5 Å². The number of aromatic nitrogens is 2. The number of nitrogens with zero attached hydrogens (tertiary/aromatic N) is 2. The first-order valence-corrected chi connectivity index (χ1v) is 9.72. The van der Waals surface area contributed by atoms with E-state index in [1.807, 2.05) is 50.2 Å². The minimum absolute atomic E-state index is 0.0975. The van der Waals surface area contributed by atoms with Gasteiger partial charge in [-0.2, -0.15) is 0 Å². The van der Waals surface area contributed by atoms with Gasteiger partial charge in [0.25, 0.3) is 5.22 Å². The van der Waals surface area contributed by atoms with E-state index in [1.165, 1.54) is 29.3 Å². The standard InChI is InChI=1S/C21H20N2O2S/c1-13-6-3-4-9-18(13)20-22-23-21(25-20)26-14(2)19(24)17-11-10-15-7-5-8-16(15)12-17/h3-4,6,9-12,14H,5,7-8H2,1-2H3/t14-/m0/s1. The number of aryl methyl sites for hydroxylation is 3. The van der Waals surface area contributed by atoms with E-state index in [-0.39, 0.29) is 11.0 Å². The van der Waals surface area contributed by atoms with Crippen molar-refractivity contribution < 1.29 is 9.21 Å². The third kappa shape index (κ3) is 3.31. The highest BCUT2D eigenvalue weighted by Gasteiger charge is 2.22. The van der Waals surface area contributed by atoms with Gasteiger partial charge in [-0.3, -0.25) is 4.79 Å². The van der Waals surface area contributed by atoms with E-state index in [2.05, 4.69) is 16.3 Å². The van der Waals surface area contributed by atoms with Crippen LogP contribution in [0.3, 0.4) is 0 Å². The summed E-state index contributed by atoms with van der Waals surface area (Å²) in [5.74, 6) is 0.586. The molecule has 0 bridgehead atoms. The molecule has 4 nitrogen and oxygen atoms in total. The maximum absolute atomic E-state index is 12.8. The molecule has 132 valence electrons. The Labute approximate surface area is 157 Å². The zero-order chi connectivity index (χ0) is 18.1. The first kappa shape index (κ1) is 17.0. The quantitative estimate of drug-likeness (QED) is 0.476. The van der Waals surface area contributed by atoms with Gasteiger partial charge in [-0.25, -0.2) is 0 Å². The van der Waals surface area contributed by atoms with Crippen LogP contribution in [0.2, 0.25) is 0 Å². The van der Waals surface area contributed by atoms with Gasteiger partial charge in [-0.05, 0) is 61.9 Å². The molecule has 0 radical (unpaired) electrons. The first-order valence-electron chi connectivity index (χ1n) is 8.84. The van der Waals surface area contributed by atoms with E-state index in [1.54, 1.807) is 0 Å². The van der Waals surface area contributed by atoms with Crippen molar-refractivity contribution in [1.29, 1.82) is 0 Å². The summed E-state index contributed by atoms with van der Waals surface area (Å²) in [5, 5.41) is 8.38. The number of fused-ring (bicyclic) bond motifs is 1. The fourth-order valence-corrected chi connectivity index (χ4v) is 4.10. The number of rotatable bonds is 5. The molecule has 0 spiro atoms. The Balaban J connectivity index is 1.49. The number of benzene rings is 2. The molecule has 0 N–H and O–H groups in total. The number of Topliss-reactive ketones (excluding diaryl/α,β-unsaturated/α-hetero) is 1. The van der Waals surface area contributed by atoms with E-state index in [0.29, 0.717) is 11.1 Å². The Hall–Kier alpha value is -2.40. The molecule has 1 aromatic heterocycles. The molecule has 5 heteroatoms. The summed E-state index contributed by atoms with van der Waals surface area (Å²) >= 11 is 1.31. The number of hydrogen-bond donors (Lipinski definition) is 0. The summed E-state index contributed by atoms with van der Waals surface area (Å²) in [4.78, 5) is 12.8. The summed E-state index contributed by atoms with van der Waals surface area (Å²) in [7, 11) is 0. The van der Waals surface area contributed by atoms with Crippen LogP contribution in [0.15, 0.2) is 52.1 Å². The summed E-state index contributed by atoms with van der Waals surface area (Å²) in [6.45, 7) is 3.89. The van der Waals surface area contributed by atoms with Crippen LogP contribution in [0.1, 0.15) is 40.4 Å². The molecule has 0 fully saturated rings. The maximum Gasteiger partial charge on any atom is 0.277 e. The lowest BCUT2D eigenvalue weighted by molar-refractivity contribution is 0.0993. The summed E-state index contributed by atoms with van der Waals surface area (Å²) < 4.78 is 5.77. The van der Waals surface area contributed by atoms with Crippen molar-refractivity contribution in [3.8, 4) is 11.5 Å². The molecular weight excluding hydrogens is 344 g/mol. The minimum Gasteiger partial charge on any atom is -0.411 e. The number of thioether (sulfide) groups is 1. The van der Waals surface area contributed by atoms with Gasteiger partial charge in [-0.15, -0.1) is 10.2 Å². The smallest absolute Gasteiger partial charge is 0.277 e. The lowest BCUT2D eigenvalue weighted by atomic mass is 10.0. The minimum atomic E-state index is -0.278. The maximum atomic E-state index is 12.8. The number of carbonyl (C=O) groups excluding carboxylic acids is 1. The Morgan fingerprint density at radius 2 is 1.92 bits per heavy atom. The van der Waals surface area contributed by atoms with Gasteiger partial charge in [0.05, 0.1) is 5.25 Å².